The molecule has 0 bridgehead atoms. The van der Waals surface area contributed by atoms with E-state index in [0.29, 0.717) is 18.2 Å². The normalized spacial score (nSPS) is 15.0. The van der Waals surface area contributed by atoms with Crippen molar-refractivity contribution in [2.24, 2.45) is 0 Å². The Labute approximate surface area is 163 Å². The number of hydrogen-bond donors (Lipinski definition) is 1. The molecule has 3 heterocycles. The van der Waals surface area contributed by atoms with E-state index in [-0.39, 0.29) is 24.2 Å². The minimum atomic E-state index is -4.67. The van der Waals surface area contributed by atoms with Gasteiger partial charge in [0.2, 0.25) is 5.82 Å². The zero-order valence-corrected chi connectivity index (χ0v) is 15.7. The van der Waals surface area contributed by atoms with Gasteiger partial charge in [-0.05, 0) is 18.6 Å². The Kier molecular flexibility index (Phi) is 4.63. The van der Waals surface area contributed by atoms with E-state index in [1.807, 2.05) is 41.1 Å². The second-order valence-corrected chi connectivity index (χ2v) is 7.24. The number of aryl methyl sites for hydroxylation is 1. The van der Waals surface area contributed by atoms with Crippen molar-refractivity contribution in [3.05, 3.63) is 68.0 Å². The Morgan fingerprint density at radius 3 is 2.82 bits per heavy atom. The topological polar surface area (TPSA) is 61.9 Å². The van der Waals surface area contributed by atoms with Gasteiger partial charge in [-0.3, -0.25) is 9.69 Å². The van der Waals surface area contributed by atoms with E-state index in [0.717, 1.165) is 22.0 Å². The first-order valence-corrected chi connectivity index (χ1v) is 9.06. The predicted octanol–water partition coefficient (Wildman–Crippen LogP) is 3.86. The molecular formula is C19H16ClF3N4O. The van der Waals surface area contributed by atoms with Gasteiger partial charge in [-0.25, -0.2) is 9.97 Å². The molecule has 0 fully saturated rings. The number of hydrogen-bond acceptors (Lipinski definition) is 4. The maximum Gasteiger partial charge on any atom is 0.449 e. The highest BCUT2D eigenvalue weighted by Crippen LogP contribution is 2.28. The van der Waals surface area contributed by atoms with Crippen LogP contribution < -0.4 is 5.56 Å². The van der Waals surface area contributed by atoms with Gasteiger partial charge in [0.25, 0.3) is 5.56 Å². The number of halogens is 4. The quantitative estimate of drug-likeness (QED) is 0.654. The van der Waals surface area contributed by atoms with Crippen LogP contribution in [0.4, 0.5) is 13.2 Å². The van der Waals surface area contributed by atoms with Crippen molar-refractivity contribution in [3.8, 4) is 0 Å². The van der Waals surface area contributed by atoms with Gasteiger partial charge in [-0.2, -0.15) is 13.2 Å². The molecule has 0 aliphatic carbocycles. The number of benzene rings is 1. The molecular weight excluding hydrogens is 393 g/mol. The molecule has 1 N–H and O–H groups in total. The van der Waals surface area contributed by atoms with Crippen LogP contribution in [0.1, 0.15) is 28.2 Å². The molecule has 1 aromatic carbocycles. The number of aromatic amines is 1. The third-order valence-electron chi connectivity index (χ3n) is 4.88. The number of aromatic nitrogens is 3. The largest absolute Gasteiger partial charge is 0.449 e. The van der Waals surface area contributed by atoms with E-state index < -0.39 is 17.6 Å². The Morgan fingerprint density at radius 1 is 1.29 bits per heavy atom. The van der Waals surface area contributed by atoms with Crippen molar-refractivity contribution >= 4 is 22.5 Å². The monoisotopic (exact) mass is 408 g/mol. The van der Waals surface area contributed by atoms with Crippen LogP contribution in [0, 0.1) is 6.92 Å². The van der Waals surface area contributed by atoms with Gasteiger partial charge in [0.1, 0.15) is 5.15 Å². The molecule has 2 aromatic heterocycles. The Balaban J connectivity index is 1.61. The van der Waals surface area contributed by atoms with Crippen molar-refractivity contribution < 1.29 is 13.2 Å². The third kappa shape index (κ3) is 3.49. The lowest BCUT2D eigenvalue weighted by molar-refractivity contribution is -0.145. The van der Waals surface area contributed by atoms with Gasteiger partial charge < -0.3 is 4.98 Å². The molecule has 0 atom stereocenters. The van der Waals surface area contributed by atoms with Crippen LogP contribution in [0.25, 0.3) is 10.9 Å². The first-order valence-electron chi connectivity index (χ1n) is 8.69. The predicted molar refractivity (Wildman–Crippen MR) is 99.2 cm³/mol. The number of para-hydroxylation sites is 1. The lowest BCUT2D eigenvalue weighted by atomic mass is 10.1. The summed E-state index contributed by atoms with van der Waals surface area (Å²) in [5.74, 6) is -1.25. The van der Waals surface area contributed by atoms with Crippen LogP contribution >= 0.6 is 11.6 Å². The van der Waals surface area contributed by atoms with E-state index in [9.17, 15) is 18.0 Å². The molecule has 146 valence electrons. The number of nitrogens with one attached hydrogen (secondary N) is 1. The summed E-state index contributed by atoms with van der Waals surface area (Å²) in [5.41, 5.74) is 2.38. The average molecular weight is 409 g/mol. The van der Waals surface area contributed by atoms with Crippen molar-refractivity contribution in [3.63, 3.8) is 0 Å². The molecule has 9 heteroatoms. The number of rotatable bonds is 2. The van der Waals surface area contributed by atoms with E-state index in [1.54, 1.807) is 0 Å². The van der Waals surface area contributed by atoms with E-state index >= 15 is 0 Å². The molecule has 0 amide bonds. The number of pyridine rings is 1. The van der Waals surface area contributed by atoms with Crippen molar-refractivity contribution in [1.82, 2.24) is 19.9 Å². The first kappa shape index (κ1) is 18.9. The van der Waals surface area contributed by atoms with Crippen molar-refractivity contribution in [2.45, 2.75) is 32.6 Å². The fraction of sp³-hybridized carbons (Fsp3) is 0.316. The summed E-state index contributed by atoms with van der Waals surface area (Å²) in [4.78, 5) is 24.0. The van der Waals surface area contributed by atoms with Crippen LogP contribution in [0.2, 0.25) is 5.15 Å². The fourth-order valence-corrected chi connectivity index (χ4v) is 3.67. The molecule has 0 saturated carbocycles. The molecule has 3 aromatic rings. The standard InChI is InChI=1S/C19H16ClF3N4O/c1-10-3-2-4-11-7-12(16(20)25-15(10)11)8-27-6-5-14-13(9-27)17(28)26-18(24-14)19(21,22)23/h2-4,7H,5-6,8-9H2,1H3,(H,24,26,28). The van der Waals surface area contributed by atoms with Gasteiger partial charge in [0, 0.05) is 37.0 Å². The van der Waals surface area contributed by atoms with Gasteiger partial charge in [0.15, 0.2) is 0 Å². The van der Waals surface area contributed by atoms with Gasteiger partial charge in [-0.15, -0.1) is 0 Å². The zero-order valence-electron chi connectivity index (χ0n) is 14.9. The van der Waals surface area contributed by atoms with Crippen LogP contribution in [-0.2, 0) is 25.7 Å². The van der Waals surface area contributed by atoms with Crippen molar-refractivity contribution in [1.29, 1.82) is 0 Å². The van der Waals surface area contributed by atoms with E-state index in [1.165, 1.54) is 0 Å². The highest BCUT2D eigenvalue weighted by Gasteiger charge is 2.36. The van der Waals surface area contributed by atoms with Crippen LogP contribution in [-0.4, -0.2) is 26.4 Å². The Morgan fingerprint density at radius 2 is 2.07 bits per heavy atom. The Hall–Kier alpha value is -2.45. The molecule has 0 spiro atoms. The number of H-pyrrole nitrogens is 1. The molecule has 5 nitrogen and oxygen atoms in total. The smallest absolute Gasteiger partial charge is 0.303 e. The summed E-state index contributed by atoms with van der Waals surface area (Å²) in [5, 5.41) is 1.35. The number of fused-ring (bicyclic) bond motifs is 2. The van der Waals surface area contributed by atoms with E-state index in [4.69, 9.17) is 11.6 Å². The summed E-state index contributed by atoms with van der Waals surface area (Å²) in [7, 11) is 0. The minimum Gasteiger partial charge on any atom is -0.303 e. The molecule has 0 saturated heterocycles. The fourth-order valence-electron chi connectivity index (χ4n) is 3.47. The van der Waals surface area contributed by atoms with Gasteiger partial charge in [0.05, 0.1) is 16.8 Å². The summed E-state index contributed by atoms with van der Waals surface area (Å²) in [6, 6.07) is 7.81. The molecule has 0 radical (unpaired) electrons. The Bertz CT molecular complexity index is 1130. The SMILES string of the molecule is Cc1cccc2cc(CN3CCc4nc(C(F)(F)F)[nH]c(=O)c4C3)c(Cl)nc12. The molecule has 0 unspecified atom stereocenters. The zero-order chi connectivity index (χ0) is 20.1. The van der Waals surface area contributed by atoms with Crippen LogP contribution in [0.5, 0.6) is 0 Å². The maximum absolute atomic E-state index is 12.8. The summed E-state index contributed by atoms with van der Waals surface area (Å²) in [6.45, 7) is 3.08. The lowest BCUT2D eigenvalue weighted by Gasteiger charge is -2.28. The molecule has 1 aliphatic rings. The molecule has 1 aliphatic heterocycles. The number of alkyl halides is 3. The highest BCUT2D eigenvalue weighted by atomic mass is 35.5. The van der Waals surface area contributed by atoms with Gasteiger partial charge in [-0.1, -0.05) is 29.8 Å². The lowest BCUT2D eigenvalue weighted by Crippen LogP contribution is -2.36. The minimum absolute atomic E-state index is 0.200. The second kappa shape index (κ2) is 6.86. The van der Waals surface area contributed by atoms with Gasteiger partial charge >= 0.3 is 6.18 Å². The summed E-state index contributed by atoms with van der Waals surface area (Å²) in [6.07, 6.45) is -4.41. The third-order valence-corrected chi connectivity index (χ3v) is 5.21. The first-order chi connectivity index (χ1) is 13.2. The number of nitrogens with zero attached hydrogens (tertiary/aromatic N) is 3. The molecule has 4 rings (SSSR count). The summed E-state index contributed by atoms with van der Waals surface area (Å²) >= 11 is 6.35. The average Bonchev–Trinajstić information content (AvgIpc) is 2.63. The van der Waals surface area contributed by atoms with E-state index in [2.05, 4.69) is 9.97 Å². The molecule has 28 heavy (non-hydrogen) atoms. The van der Waals surface area contributed by atoms with Crippen molar-refractivity contribution in [2.75, 3.05) is 6.54 Å². The van der Waals surface area contributed by atoms with Crippen LogP contribution in [0.3, 0.4) is 0 Å². The van der Waals surface area contributed by atoms with Crippen LogP contribution in [0.15, 0.2) is 29.1 Å². The highest BCUT2D eigenvalue weighted by molar-refractivity contribution is 6.30. The second-order valence-electron chi connectivity index (χ2n) is 6.88. The maximum atomic E-state index is 12.8. The summed E-state index contributed by atoms with van der Waals surface area (Å²) < 4.78 is 38.5.